The molecule has 2 amide bonds. The van der Waals surface area contributed by atoms with Crippen molar-refractivity contribution in [2.24, 2.45) is 0 Å². The van der Waals surface area contributed by atoms with E-state index in [2.05, 4.69) is 15.6 Å². The summed E-state index contributed by atoms with van der Waals surface area (Å²) in [5, 5.41) is 7.74. The maximum atomic E-state index is 12.2. The van der Waals surface area contributed by atoms with E-state index in [0.29, 0.717) is 33.6 Å². The van der Waals surface area contributed by atoms with Crippen LogP contribution < -0.4 is 20.1 Å². The van der Waals surface area contributed by atoms with Crippen LogP contribution in [0.2, 0.25) is 0 Å². The molecule has 2 aromatic carbocycles. The second kappa shape index (κ2) is 7.46. The van der Waals surface area contributed by atoms with Gasteiger partial charge in [0.05, 0.1) is 12.1 Å². The zero-order valence-electron chi connectivity index (χ0n) is 14.1. The van der Waals surface area contributed by atoms with E-state index < -0.39 is 0 Å². The molecule has 0 saturated heterocycles. The van der Waals surface area contributed by atoms with Gasteiger partial charge in [-0.3, -0.25) is 14.9 Å². The number of ether oxygens (including phenoxy) is 2. The highest BCUT2D eigenvalue weighted by Gasteiger charge is 2.15. The van der Waals surface area contributed by atoms with Crippen molar-refractivity contribution in [3.63, 3.8) is 0 Å². The fraction of sp³-hybridized carbons (Fsp3) is 0.105. The van der Waals surface area contributed by atoms with Crippen molar-refractivity contribution in [3.05, 3.63) is 65.2 Å². The average molecular weight is 381 g/mol. The maximum absolute atomic E-state index is 12.2. The van der Waals surface area contributed by atoms with Gasteiger partial charge in [0, 0.05) is 22.7 Å². The Morgan fingerprint density at radius 1 is 1.04 bits per heavy atom. The number of amides is 2. The number of nitrogens with one attached hydrogen (secondary N) is 2. The van der Waals surface area contributed by atoms with Crippen LogP contribution in [0.1, 0.15) is 16.1 Å². The normalized spacial score (nSPS) is 11.9. The molecule has 8 heteroatoms. The second-order valence-corrected chi connectivity index (χ2v) is 6.62. The van der Waals surface area contributed by atoms with Crippen molar-refractivity contribution in [1.82, 2.24) is 4.98 Å². The molecule has 4 rings (SSSR count). The molecule has 0 atom stereocenters. The molecule has 2 heterocycles. The topological polar surface area (TPSA) is 89.6 Å². The molecule has 3 aromatic rings. The van der Waals surface area contributed by atoms with Crippen LogP contribution >= 0.6 is 11.3 Å². The third kappa shape index (κ3) is 4.06. The second-order valence-electron chi connectivity index (χ2n) is 5.76. The Bertz CT molecular complexity index is 988. The van der Waals surface area contributed by atoms with Crippen LogP contribution in [-0.4, -0.2) is 23.6 Å². The molecule has 1 aromatic heterocycles. The fourth-order valence-electron chi connectivity index (χ4n) is 2.55. The minimum Gasteiger partial charge on any atom is -0.454 e. The Morgan fingerprint density at radius 3 is 2.70 bits per heavy atom. The van der Waals surface area contributed by atoms with Gasteiger partial charge in [0.1, 0.15) is 0 Å². The van der Waals surface area contributed by atoms with Gasteiger partial charge in [-0.2, -0.15) is 0 Å². The predicted molar refractivity (Wildman–Crippen MR) is 101 cm³/mol. The van der Waals surface area contributed by atoms with Gasteiger partial charge in [-0.05, 0) is 24.3 Å². The van der Waals surface area contributed by atoms with Crippen molar-refractivity contribution in [2.75, 3.05) is 17.4 Å². The molecule has 1 aliphatic heterocycles. The summed E-state index contributed by atoms with van der Waals surface area (Å²) >= 11 is 1.28. The summed E-state index contributed by atoms with van der Waals surface area (Å²) in [5.74, 6) is 0.820. The zero-order valence-corrected chi connectivity index (χ0v) is 14.9. The van der Waals surface area contributed by atoms with E-state index >= 15 is 0 Å². The quantitative estimate of drug-likeness (QED) is 0.708. The molecule has 0 aliphatic carbocycles. The molecule has 2 N–H and O–H groups in total. The summed E-state index contributed by atoms with van der Waals surface area (Å²) in [7, 11) is 0. The van der Waals surface area contributed by atoms with Gasteiger partial charge in [0.2, 0.25) is 12.7 Å². The number of thiazole rings is 1. The van der Waals surface area contributed by atoms with Crippen molar-refractivity contribution >= 4 is 34.0 Å². The molecule has 0 bridgehead atoms. The number of aromatic nitrogens is 1. The van der Waals surface area contributed by atoms with Crippen molar-refractivity contribution in [1.29, 1.82) is 0 Å². The van der Waals surface area contributed by atoms with Gasteiger partial charge in [0.15, 0.2) is 16.6 Å². The molecule has 136 valence electrons. The van der Waals surface area contributed by atoms with Crippen LogP contribution in [0.15, 0.2) is 53.9 Å². The molecule has 0 saturated carbocycles. The zero-order chi connectivity index (χ0) is 18.6. The summed E-state index contributed by atoms with van der Waals surface area (Å²) in [6.07, 6.45) is 0.103. The van der Waals surface area contributed by atoms with Crippen LogP contribution in [0, 0.1) is 0 Å². The minimum absolute atomic E-state index is 0.103. The highest BCUT2D eigenvalue weighted by molar-refractivity contribution is 7.14. The first-order valence-electron chi connectivity index (χ1n) is 8.18. The van der Waals surface area contributed by atoms with E-state index in [1.807, 2.05) is 6.07 Å². The van der Waals surface area contributed by atoms with E-state index in [1.54, 1.807) is 47.8 Å². The molecule has 0 fully saturated rings. The molecule has 0 spiro atoms. The lowest BCUT2D eigenvalue weighted by Crippen LogP contribution is -2.15. The van der Waals surface area contributed by atoms with Gasteiger partial charge in [0.25, 0.3) is 5.91 Å². The molecule has 1 aliphatic rings. The van der Waals surface area contributed by atoms with Crippen LogP contribution in [0.4, 0.5) is 10.8 Å². The van der Waals surface area contributed by atoms with Crippen LogP contribution in [0.3, 0.4) is 0 Å². The lowest BCUT2D eigenvalue weighted by molar-refractivity contribution is -0.115. The largest absolute Gasteiger partial charge is 0.454 e. The van der Waals surface area contributed by atoms with Gasteiger partial charge >= 0.3 is 0 Å². The number of nitrogens with zero attached hydrogens (tertiary/aromatic N) is 1. The monoisotopic (exact) mass is 381 g/mol. The standard InChI is InChI=1S/C19H15N3O4S/c23-17(20-13-6-7-15-16(8-13)26-11-25-15)9-14-10-27-19(21-14)22-18(24)12-4-2-1-3-5-12/h1-8,10H,9,11H2,(H,20,23)(H,21,22,24). The summed E-state index contributed by atoms with van der Waals surface area (Å²) in [5.41, 5.74) is 1.76. The van der Waals surface area contributed by atoms with Gasteiger partial charge in [-0.25, -0.2) is 4.98 Å². The number of fused-ring (bicyclic) bond motifs is 1. The highest BCUT2D eigenvalue weighted by Crippen LogP contribution is 2.34. The third-order valence-electron chi connectivity index (χ3n) is 3.81. The Morgan fingerprint density at radius 2 is 1.85 bits per heavy atom. The van der Waals surface area contributed by atoms with Crippen molar-refractivity contribution < 1.29 is 19.1 Å². The van der Waals surface area contributed by atoms with E-state index in [0.717, 1.165) is 0 Å². The predicted octanol–water partition coefficient (Wildman–Crippen LogP) is 3.31. The van der Waals surface area contributed by atoms with E-state index in [1.165, 1.54) is 11.3 Å². The number of carbonyl (C=O) groups is 2. The van der Waals surface area contributed by atoms with Crippen molar-refractivity contribution in [3.8, 4) is 11.5 Å². The van der Waals surface area contributed by atoms with Crippen LogP contribution in [0.25, 0.3) is 0 Å². The van der Waals surface area contributed by atoms with Crippen LogP contribution in [0.5, 0.6) is 11.5 Å². The van der Waals surface area contributed by atoms with Crippen molar-refractivity contribution in [2.45, 2.75) is 6.42 Å². The number of benzene rings is 2. The molecular weight excluding hydrogens is 366 g/mol. The Hall–Kier alpha value is -3.39. The third-order valence-corrected chi connectivity index (χ3v) is 4.61. The first-order chi connectivity index (χ1) is 13.2. The molecule has 0 unspecified atom stereocenters. The number of rotatable bonds is 5. The van der Waals surface area contributed by atoms with Gasteiger partial charge < -0.3 is 14.8 Å². The molecule has 0 radical (unpaired) electrons. The van der Waals surface area contributed by atoms with Gasteiger partial charge in [-0.15, -0.1) is 11.3 Å². The number of hydrogen-bond donors (Lipinski definition) is 2. The minimum atomic E-state index is -0.235. The fourth-order valence-corrected chi connectivity index (χ4v) is 3.25. The first-order valence-corrected chi connectivity index (χ1v) is 9.06. The molecule has 27 heavy (non-hydrogen) atoms. The van der Waals surface area contributed by atoms with E-state index in [4.69, 9.17) is 9.47 Å². The summed E-state index contributed by atoms with van der Waals surface area (Å²) in [4.78, 5) is 28.7. The summed E-state index contributed by atoms with van der Waals surface area (Å²) < 4.78 is 10.5. The smallest absolute Gasteiger partial charge is 0.257 e. The maximum Gasteiger partial charge on any atom is 0.257 e. The average Bonchev–Trinajstić information content (AvgIpc) is 3.31. The Balaban J connectivity index is 1.35. The summed E-state index contributed by atoms with van der Waals surface area (Å²) in [6.45, 7) is 0.184. The van der Waals surface area contributed by atoms with Gasteiger partial charge in [-0.1, -0.05) is 18.2 Å². The Labute approximate surface area is 159 Å². The summed E-state index contributed by atoms with van der Waals surface area (Å²) in [6, 6.07) is 14.1. The van der Waals surface area contributed by atoms with E-state index in [9.17, 15) is 9.59 Å². The van der Waals surface area contributed by atoms with E-state index in [-0.39, 0.29) is 25.0 Å². The SMILES string of the molecule is O=C(Cc1csc(NC(=O)c2ccccc2)n1)Nc1ccc2c(c1)OCO2. The number of carbonyl (C=O) groups excluding carboxylic acids is 2. The molecule has 7 nitrogen and oxygen atoms in total. The Kier molecular flexibility index (Phi) is 4.71. The highest BCUT2D eigenvalue weighted by atomic mass is 32.1. The molecular formula is C19H15N3O4S. The first kappa shape index (κ1) is 17.0. The van der Waals surface area contributed by atoms with Crippen LogP contribution in [-0.2, 0) is 11.2 Å². The number of anilines is 2. The lowest BCUT2D eigenvalue weighted by Gasteiger charge is -2.05. The lowest BCUT2D eigenvalue weighted by atomic mass is 10.2. The number of hydrogen-bond acceptors (Lipinski definition) is 6.